The van der Waals surface area contributed by atoms with E-state index in [-0.39, 0.29) is 16.8 Å². The van der Waals surface area contributed by atoms with Crippen molar-refractivity contribution in [1.82, 2.24) is 4.98 Å². The molecule has 0 bridgehead atoms. The maximum absolute atomic E-state index is 11.2. The minimum absolute atomic E-state index is 0.0476. The molecule has 1 atom stereocenters. The van der Waals surface area contributed by atoms with Gasteiger partial charge in [-0.25, -0.2) is 4.79 Å². The van der Waals surface area contributed by atoms with Gasteiger partial charge in [0.2, 0.25) is 0 Å². The fourth-order valence-electron chi connectivity index (χ4n) is 1.11. The third-order valence-corrected chi connectivity index (χ3v) is 1.90. The zero-order chi connectivity index (χ0) is 11.6. The third kappa shape index (κ3) is 2.04. The van der Waals surface area contributed by atoms with E-state index in [9.17, 15) is 9.90 Å². The third-order valence-electron chi connectivity index (χ3n) is 1.90. The monoisotopic (exact) mass is 213 g/mol. The van der Waals surface area contributed by atoms with Crippen LogP contribution in [-0.4, -0.2) is 21.2 Å². The van der Waals surface area contributed by atoms with Gasteiger partial charge in [0.1, 0.15) is 11.8 Å². The number of pyridine rings is 1. The second-order valence-corrected chi connectivity index (χ2v) is 2.87. The molecule has 82 valence electrons. The molecular formula is C8H11N3O4. The van der Waals surface area contributed by atoms with Gasteiger partial charge in [0.05, 0.1) is 5.69 Å². The van der Waals surface area contributed by atoms with Gasteiger partial charge in [-0.1, -0.05) is 0 Å². The highest BCUT2D eigenvalue weighted by Gasteiger charge is 2.22. The zero-order valence-corrected chi connectivity index (χ0v) is 7.97. The number of rotatable bonds is 2. The largest absolute Gasteiger partial charge is 0.505 e. The number of carbonyl (C=O) groups excluding carboxylic acids is 1. The average Bonchev–Trinajstić information content (AvgIpc) is 2.20. The molecule has 1 aromatic heterocycles. The predicted molar refractivity (Wildman–Crippen MR) is 49.4 cm³/mol. The number of carbonyl (C=O) groups is 1. The summed E-state index contributed by atoms with van der Waals surface area (Å²) in [6, 6.07) is 0. The zero-order valence-electron chi connectivity index (χ0n) is 7.97. The molecule has 1 aromatic rings. The molecule has 0 aliphatic carbocycles. The molecule has 0 saturated heterocycles. The quantitative estimate of drug-likeness (QED) is 0.368. The fourth-order valence-corrected chi connectivity index (χ4v) is 1.11. The molecule has 7 nitrogen and oxygen atoms in total. The van der Waals surface area contributed by atoms with E-state index < -0.39 is 17.9 Å². The number of aliphatic hydroxyl groups excluding tert-OH is 1. The SMILES string of the molecule is Cc1ncc(C(N)O)c(C(=O)ON)c1O. The van der Waals surface area contributed by atoms with Crippen molar-refractivity contribution in [3.8, 4) is 5.75 Å². The lowest BCUT2D eigenvalue weighted by atomic mass is 10.1. The Bertz CT molecular complexity index is 392. The summed E-state index contributed by atoms with van der Waals surface area (Å²) in [4.78, 5) is 18.9. The highest BCUT2D eigenvalue weighted by atomic mass is 16.7. The van der Waals surface area contributed by atoms with Gasteiger partial charge in [0, 0.05) is 11.8 Å². The Kier molecular flexibility index (Phi) is 3.20. The molecule has 0 aliphatic heterocycles. The molecule has 0 amide bonds. The predicted octanol–water partition coefficient (Wildman–Crippen LogP) is -0.924. The fraction of sp³-hybridized carbons (Fsp3) is 0.250. The van der Waals surface area contributed by atoms with Crippen LogP contribution in [0.1, 0.15) is 27.8 Å². The van der Waals surface area contributed by atoms with Crippen LogP contribution >= 0.6 is 0 Å². The highest BCUT2D eigenvalue weighted by molar-refractivity contribution is 5.94. The van der Waals surface area contributed by atoms with Crippen LogP contribution in [-0.2, 0) is 4.84 Å². The number of aryl methyl sites for hydroxylation is 1. The topological polar surface area (TPSA) is 132 Å². The Labute approximate surface area is 85.2 Å². The summed E-state index contributed by atoms with van der Waals surface area (Å²) in [7, 11) is 0. The summed E-state index contributed by atoms with van der Waals surface area (Å²) in [6.07, 6.45) is -0.274. The summed E-state index contributed by atoms with van der Waals surface area (Å²) >= 11 is 0. The number of aromatic hydroxyl groups is 1. The van der Waals surface area contributed by atoms with Crippen LogP contribution in [0.25, 0.3) is 0 Å². The van der Waals surface area contributed by atoms with Gasteiger partial charge in [-0.05, 0) is 6.92 Å². The standard InChI is InChI=1S/C8H11N3O4/c1-3-6(12)5(8(14)15-10)4(2-11-3)7(9)13/h2,7,12-13H,9-10H2,1H3. The van der Waals surface area contributed by atoms with E-state index in [1.807, 2.05) is 0 Å². The van der Waals surface area contributed by atoms with Gasteiger partial charge in [-0.2, -0.15) is 5.90 Å². The molecule has 15 heavy (non-hydrogen) atoms. The second kappa shape index (κ2) is 4.22. The van der Waals surface area contributed by atoms with Crippen molar-refractivity contribution in [3.63, 3.8) is 0 Å². The van der Waals surface area contributed by atoms with Crippen LogP contribution in [0.15, 0.2) is 6.20 Å². The number of hydrogen-bond donors (Lipinski definition) is 4. The molecule has 0 radical (unpaired) electrons. The van der Waals surface area contributed by atoms with Crippen molar-refractivity contribution in [2.45, 2.75) is 13.2 Å². The van der Waals surface area contributed by atoms with E-state index in [1.165, 1.54) is 13.1 Å². The van der Waals surface area contributed by atoms with Crippen LogP contribution < -0.4 is 11.6 Å². The Balaban J connectivity index is 3.41. The summed E-state index contributed by atoms with van der Waals surface area (Å²) < 4.78 is 0. The Hall–Kier alpha value is -1.70. The number of nitrogens with two attached hydrogens (primary N) is 2. The summed E-state index contributed by atoms with van der Waals surface area (Å²) in [5, 5.41) is 18.7. The van der Waals surface area contributed by atoms with E-state index in [2.05, 4.69) is 15.7 Å². The first kappa shape index (κ1) is 11.4. The van der Waals surface area contributed by atoms with E-state index in [4.69, 9.17) is 10.8 Å². The van der Waals surface area contributed by atoms with E-state index in [0.717, 1.165) is 0 Å². The first-order chi connectivity index (χ1) is 6.99. The van der Waals surface area contributed by atoms with Crippen LogP contribution in [0.3, 0.4) is 0 Å². The van der Waals surface area contributed by atoms with Gasteiger partial charge < -0.3 is 20.8 Å². The van der Waals surface area contributed by atoms with Gasteiger partial charge >= 0.3 is 5.97 Å². The molecule has 1 unspecified atom stereocenters. The van der Waals surface area contributed by atoms with Crippen molar-refractivity contribution >= 4 is 5.97 Å². The smallest absolute Gasteiger partial charge is 0.360 e. The molecule has 0 aromatic carbocycles. The molecule has 0 fully saturated rings. The van der Waals surface area contributed by atoms with Crippen molar-refractivity contribution in [2.75, 3.05) is 0 Å². The van der Waals surface area contributed by atoms with Crippen molar-refractivity contribution < 1.29 is 19.8 Å². The molecule has 0 spiro atoms. The second-order valence-electron chi connectivity index (χ2n) is 2.87. The number of aliphatic hydroxyl groups is 1. The van der Waals surface area contributed by atoms with Crippen molar-refractivity contribution in [2.24, 2.45) is 11.6 Å². The van der Waals surface area contributed by atoms with E-state index in [1.54, 1.807) is 0 Å². The lowest BCUT2D eigenvalue weighted by Gasteiger charge is -2.12. The lowest BCUT2D eigenvalue weighted by Crippen LogP contribution is -2.19. The number of aromatic nitrogens is 1. The van der Waals surface area contributed by atoms with Gasteiger partial charge in [0.25, 0.3) is 0 Å². The Morgan fingerprint density at radius 2 is 2.27 bits per heavy atom. The Morgan fingerprint density at radius 1 is 1.67 bits per heavy atom. The molecule has 1 rings (SSSR count). The minimum Gasteiger partial charge on any atom is -0.505 e. The number of hydrogen-bond acceptors (Lipinski definition) is 7. The number of nitrogens with zero attached hydrogens (tertiary/aromatic N) is 1. The maximum atomic E-state index is 11.2. The van der Waals surface area contributed by atoms with Crippen LogP contribution in [0.5, 0.6) is 5.75 Å². The molecule has 7 heteroatoms. The molecule has 1 heterocycles. The van der Waals surface area contributed by atoms with E-state index >= 15 is 0 Å². The van der Waals surface area contributed by atoms with Crippen LogP contribution in [0, 0.1) is 6.92 Å². The molecule has 6 N–H and O–H groups in total. The summed E-state index contributed by atoms with van der Waals surface area (Å²) in [5.41, 5.74) is 5.06. The van der Waals surface area contributed by atoms with Gasteiger partial charge in [-0.15, -0.1) is 0 Å². The van der Waals surface area contributed by atoms with Crippen molar-refractivity contribution in [1.29, 1.82) is 0 Å². The molecule has 0 aliphatic rings. The summed E-state index contributed by atoms with van der Waals surface area (Å²) in [6.45, 7) is 1.48. The molecular weight excluding hydrogens is 202 g/mol. The van der Waals surface area contributed by atoms with Crippen molar-refractivity contribution in [3.05, 3.63) is 23.0 Å². The van der Waals surface area contributed by atoms with Gasteiger partial charge in [-0.3, -0.25) is 4.98 Å². The Morgan fingerprint density at radius 3 is 2.73 bits per heavy atom. The van der Waals surface area contributed by atoms with Gasteiger partial charge in [0.15, 0.2) is 5.75 Å². The minimum atomic E-state index is -1.45. The maximum Gasteiger partial charge on any atom is 0.360 e. The first-order valence-electron chi connectivity index (χ1n) is 4.02. The normalized spacial score (nSPS) is 12.3. The highest BCUT2D eigenvalue weighted by Crippen LogP contribution is 2.26. The summed E-state index contributed by atoms with van der Waals surface area (Å²) in [5.74, 6) is 3.29. The first-order valence-corrected chi connectivity index (χ1v) is 4.02. The van der Waals surface area contributed by atoms with Crippen LogP contribution in [0.4, 0.5) is 0 Å². The lowest BCUT2D eigenvalue weighted by molar-refractivity contribution is 0.0492. The average molecular weight is 213 g/mol. The van der Waals surface area contributed by atoms with E-state index in [0.29, 0.717) is 0 Å². The van der Waals surface area contributed by atoms with Crippen LogP contribution in [0.2, 0.25) is 0 Å². The molecule has 0 saturated carbocycles.